The van der Waals surface area contributed by atoms with Crippen molar-refractivity contribution in [2.24, 2.45) is 0 Å². The summed E-state index contributed by atoms with van der Waals surface area (Å²) < 4.78 is 1.49. The first-order chi connectivity index (χ1) is 8.06. The molecule has 0 aliphatic rings. The van der Waals surface area contributed by atoms with E-state index in [1.807, 2.05) is 6.92 Å². The lowest BCUT2D eigenvalue weighted by molar-refractivity contribution is -0.142. The van der Waals surface area contributed by atoms with E-state index in [1.165, 1.54) is 4.68 Å². The number of carbonyl (C=O) groups excluding carboxylic acids is 1. The molecule has 0 aliphatic carbocycles. The molecular formula is C11H17N3O3. The first kappa shape index (κ1) is 13.2. The number of hydrogen-bond acceptors (Lipinski definition) is 3. The Bertz CT molecular complexity index is 375. The van der Waals surface area contributed by atoms with Crippen molar-refractivity contribution in [3.63, 3.8) is 0 Å². The summed E-state index contributed by atoms with van der Waals surface area (Å²) in [5.74, 6) is -1.34. The summed E-state index contributed by atoms with van der Waals surface area (Å²) in [5, 5.41) is 15.4. The molecule has 2 N–H and O–H groups in total. The molecule has 0 saturated carbocycles. The molecule has 1 amide bonds. The van der Waals surface area contributed by atoms with Gasteiger partial charge in [-0.1, -0.05) is 13.3 Å². The Hall–Kier alpha value is -1.85. The maximum absolute atomic E-state index is 11.8. The Morgan fingerprint density at radius 3 is 2.71 bits per heavy atom. The number of rotatable bonds is 6. The van der Waals surface area contributed by atoms with Crippen molar-refractivity contribution >= 4 is 11.9 Å². The summed E-state index contributed by atoms with van der Waals surface area (Å²) in [7, 11) is 0. The molecule has 0 aromatic carbocycles. The highest BCUT2D eigenvalue weighted by atomic mass is 16.4. The van der Waals surface area contributed by atoms with Gasteiger partial charge in [0.2, 0.25) is 5.91 Å². The van der Waals surface area contributed by atoms with Crippen LogP contribution in [0, 0.1) is 0 Å². The van der Waals surface area contributed by atoms with Crippen LogP contribution in [0.3, 0.4) is 0 Å². The standard InChI is InChI=1S/C11H17N3O3/c1-3-5-9(11(16)17)13-10(15)8(2)14-7-4-6-12-14/h4,6-9H,3,5H2,1-2H3,(H,13,15)(H,16,17)/t8?,9-/m0/s1. The number of nitrogens with zero attached hydrogens (tertiary/aromatic N) is 2. The van der Waals surface area contributed by atoms with E-state index in [2.05, 4.69) is 10.4 Å². The fourth-order valence-corrected chi connectivity index (χ4v) is 1.47. The van der Waals surface area contributed by atoms with Gasteiger partial charge in [-0.15, -0.1) is 0 Å². The minimum absolute atomic E-state index is 0.338. The molecule has 0 fully saturated rings. The number of hydrogen-bond donors (Lipinski definition) is 2. The zero-order chi connectivity index (χ0) is 12.8. The highest BCUT2D eigenvalue weighted by Crippen LogP contribution is 2.05. The van der Waals surface area contributed by atoms with Crippen molar-refractivity contribution in [2.45, 2.75) is 38.8 Å². The van der Waals surface area contributed by atoms with E-state index >= 15 is 0 Å². The molecule has 1 aromatic rings. The predicted molar refractivity (Wildman–Crippen MR) is 61.4 cm³/mol. The van der Waals surface area contributed by atoms with Gasteiger partial charge >= 0.3 is 5.97 Å². The molecule has 1 heterocycles. The van der Waals surface area contributed by atoms with E-state index in [4.69, 9.17) is 5.11 Å². The minimum Gasteiger partial charge on any atom is -0.480 e. The fraction of sp³-hybridized carbons (Fsp3) is 0.545. The van der Waals surface area contributed by atoms with Crippen LogP contribution in [-0.4, -0.2) is 32.8 Å². The zero-order valence-electron chi connectivity index (χ0n) is 9.96. The Morgan fingerprint density at radius 1 is 1.53 bits per heavy atom. The van der Waals surface area contributed by atoms with Crippen LogP contribution < -0.4 is 5.32 Å². The van der Waals surface area contributed by atoms with Gasteiger partial charge in [-0.3, -0.25) is 9.48 Å². The molecule has 1 unspecified atom stereocenters. The number of aromatic nitrogens is 2. The first-order valence-electron chi connectivity index (χ1n) is 5.58. The third-order valence-electron chi connectivity index (χ3n) is 2.49. The van der Waals surface area contributed by atoms with Gasteiger partial charge in [-0.25, -0.2) is 4.79 Å². The van der Waals surface area contributed by atoms with Gasteiger partial charge in [0.05, 0.1) is 0 Å². The molecule has 0 radical (unpaired) electrons. The van der Waals surface area contributed by atoms with Crippen LogP contribution >= 0.6 is 0 Å². The van der Waals surface area contributed by atoms with Gasteiger partial charge in [0.15, 0.2) is 0 Å². The predicted octanol–water partition coefficient (Wildman–Crippen LogP) is 0.814. The Kier molecular flexibility index (Phi) is 4.68. The lowest BCUT2D eigenvalue weighted by Gasteiger charge is -2.17. The SMILES string of the molecule is CCC[C@H](NC(=O)C(C)n1cccn1)C(=O)O. The highest BCUT2D eigenvalue weighted by Gasteiger charge is 2.22. The Balaban J connectivity index is 2.61. The van der Waals surface area contributed by atoms with E-state index < -0.39 is 18.1 Å². The van der Waals surface area contributed by atoms with Crippen molar-refractivity contribution in [2.75, 3.05) is 0 Å². The van der Waals surface area contributed by atoms with Gasteiger partial charge in [0, 0.05) is 12.4 Å². The van der Waals surface area contributed by atoms with Crippen LogP contribution in [0.1, 0.15) is 32.7 Å². The van der Waals surface area contributed by atoms with Crippen molar-refractivity contribution in [3.05, 3.63) is 18.5 Å². The Labute approximate surface area is 99.6 Å². The van der Waals surface area contributed by atoms with Crippen LogP contribution in [-0.2, 0) is 9.59 Å². The molecular weight excluding hydrogens is 222 g/mol. The fourth-order valence-electron chi connectivity index (χ4n) is 1.47. The van der Waals surface area contributed by atoms with Crippen LogP contribution in [0.5, 0.6) is 0 Å². The smallest absolute Gasteiger partial charge is 0.326 e. The number of aliphatic carboxylic acids is 1. The number of carboxylic acids is 1. The van der Waals surface area contributed by atoms with Crippen LogP contribution in [0.2, 0.25) is 0 Å². The molecule has 2 atom stereocenters. The van der Waals surface area contributed by atoms with Crippen LogP contribution in [0.15, 0.2) is 18.5 Å². The van der Waals surface area contributed by atoms with E-state index in [-0.39, 0.29) is 5.91 Å². The van der Waals surface area contributed by atoms with E-state index in [9.17, 15) is 9.59 Å². The van der Waals surface area contributed by atoms with Gasteiger partial charge in [-0.2, -0.15) is 5.10 Å². The van der Waals surface area contributed by atoms with Crippen LogP contribution in [0.25, 0.3) is 0 Å². The number of nitrogens with one attached hydrogen (secondary N) is 1. The second kappa shape index (κ2) is 6.03. The zero-order valence-corrected chi connectivity index (χ0v) is 9.96. The lowest BCUT2D eigenvalue weighted by atomic mass is 10.1. The molecule has 1 aromatic heterocycles. The monoisotopic (exact) mass is 239 g/mol. The van der Waals surface area contributed by atoms with Gasteiger partial charge in [0.1, 0.15) is 12.1 Å². The maximum atomic E-state index is 11.8. The number of carboxylic acid groups (broad SMARTS) is 1. The van der Waals surface area contributed by atoms with E-state index in [0.717, 1.165) is 0 Å². The third-order valence-corrected chi connectivity index (χ3v) is 2.49. The normalized spacial score (nSPS) is 14.0. The highest BCUT2D eigenvalue weighted by molar-refractivity contribution is 5.85. The van der Waals surface area contributed by atoms with Gasteiger partial charge in [-0.05, 0) is 19.4 Å². The average molecular weight is 239 g/mol. The second-order valence-electron chi connectivity index (χ2n) is 3.85. The molecule has 6 nitrogen and oxygen atoms in total. The molecule has 0 saturated heterocycles. The summed E-state index contributed by atoms with van der Waals surface area (Å²) in [6, 6.07) is 0.374. The molecule has 1 rings (SSSR count). The van der Waals surface area contributed by atoms with Crippen molar-refractivity contribution in [1.82, 2.24) is 15.1 Å². The van der Waals surface area contributed by atoms with Crippen LogP contribution in [0.4, 0.5) is 0 Å². The van der Waals surface area contributed by atoms with Crippen molar-refractivity contribution in [1.29, 1.82) is 0 Å². The third kappa shape index (κ3) is 3.58. The summed E-state index contributed by atoms with van der Waals surface area (Å²) in [4.78, 5) is 22.7. The molecule has 94 valence electrons. The quantitative estimate of drug-likeness (QED) is 0.769. The van der Waals surface area contributed by atoms with Gasteiger partial charge < -0.3 is 10.4 Å². The lowest BCUT2D eigenvalue weighted by Crippen LogP contribution is -2.43. The molecule has 0 aliphatic heterocycles. The molecule has 0 spiro atoms. The van der Waals surface area contributed by atoms with Crippen molar-refractivity contribution < 1.29 is 14.7 Å². The molecule has 6 heteroatoms. The molecule has 0 bridgehead atoms. The average Bonchev–Trinajstić information content (AvgIpc) is 2.80. The topological polar surface area (TPSA) is 84.2 Å². The van der Waals surface area contributed by atoms with E-state index in [0.29, 0.717) is 12.8 Å². The summed E-state index contributed by atoms with van der Waals surface area (Å²) in [6.07, 6.45) is 4.37. The van der Waals surface area contributed by atoms with Gasteiger partial charge in [0.25, 0.3) is 0 Å². The maximum Gasteiger partial charge on any atom is 0.326 e. The first-order valence-corrected chi connectivity index (χ1v) is 5.58. The summed E-state index contributed by atoms with van der Waals surface area (Å²) in [5.41, 5.74) is 0. The van der Waals surface area contributed by atoms with E-state index in [1.54, 1.807) is 25.4 Å². The largest absolute Gasteiger partial charge is 0.480 e. The number of amides is 1. The second-order valence-corrected chi connectivity index (χ2v) is 3.85. The van der Waals surface area contributed by atoms with Crippen molar-refractivity contribution in [3.8, 4) is 0 Å². The summed E-state index contributed by atoms with van der Waals surface area (Å²) in [6.45, 7) is 3.55. The summed E-state index contributed by atoms with van der Waals surface area (Å²) >= 11 is 0. The molecule has 17 heavy (non-hydrogen) atoms. The Morgan fingerprint density at radius 2 is 2.24 bits per heavy atom. The minimum atomic E-state index is -1.01. The number of carbonyl (C=O) groups is 2.